The molecule has 138 valence electrons. The van der Waals surface area contributed by atoms with Gasteiger partial charge in [0.1, 0.15) is 0 Å². The third-order valence-corrected chi connectivity index (χ3v) is 6.45. The summed E-state index contributed by atoms with van der Waals surface area (Å²) in [6.07, 6.45) is -2.01. The van der Waals surface area contributed by atoms with Gasteiger partial charge in [0, 0.05) is 25.0 Å². The summed E-state index contributed by atoms with van der Waals surface area (Å²) in [5.74, 6) is -1.17. The van der Waals surface area contributed by atoms with Crippen molar-refractivity contribution in [2.75, 3.05) is 24.2 Å². The standard InChI is InChI=1S/C16H18F3NO4S/c1-25(23,24)11-4-5-13(12(7-11)16(17,18)19)20-8-10-3-2-6-15(10,9-20)14(21)22/h4-5,7,10H,2-3,6,8-9H2,1H3,(H,21,22)/t10-,15+/m0/s1. The van der Waals surface area contributed by atoms with Gasteiger partial charge < -0.3 is 10.0 Å². The summed E-state index contributed by atoms with van der Waals surface area (Å²) in [5, 5.41) is 9.59. The normalized spacial score (nSPS) is 26.7. The first-order valence-corrected chi connectivity index (χ1v) is 9.74. The molecule has 0 aromatic heterocycles. The highest BCUT2D eigenvalue weighted by Gasteiger charge is 2.55. The van der Waals surface area contributed by atoms with E-state index < -0.39 is 37.9 Å². The molecule has 2 aliphatic rings. The lowest BCUT2D eigenvalue weighted by Crippen LogP contribution is -2.36. The number of fused-ring (bicyclic) bond motifs is 1. The van der Waals surface area contributed by atoms with Gasteiger partial charge in [0.25, 0.3) is 0 Å². The van der Waals surface area contributed by atoms with Crippen molar-refractivity contribution < 1.29 is 31.5 Å². The van der Waals surface area contributed by atoms with Gasteiger partial charge >= 0.3 is 12.1 Å². The van der Waals surface area contributed by atoms with E-state index in [1.165, 1.54) is 4.90 Å². The minimum absolute atomic E-state index is 0.00824. The van der Waals surface area contributed by atoms with Crippen molar-refractivity contribution in [2.45, 2.75) is 30.3 Å². The Kier molecular flexibility index (Phi) is 4.05. The highest BCUT2D eigenvalue weighted by molar-refractivity contribution is 7.90. The van der Waals surface area contributed by atoms with Gasteiger partial charge in [0.2, 0.25) is 0 Å². The zero-order valence-corrected chi connectivity index (χ0v) is 14.3. The molecule has 1 heterocycles. The summed E-state index contributed by atoms with van der Waals surface area (Å²) >= 11 is 0. The number of nitrogens with zero attached hydrogens (tertiary/aromatic N) is 1. The van der Waals surface area contributed by atoms with Gasteiger partial charge in [-0.3, -0.25) is 4.79 Å². The Bertz CT molecular complexity index is 821. The molecule has 5 nitrogen and oxygen atoms in total. The number of hydrogen-bond donors (Lipinski definition) is 1. The Morgan fingerprint density at radius 2 is 2.04 bits per heavy atom. The van der Waals surface area contributed by atoms with Crippen molar-refractivity contribution in [1.82, 2.24) is 0 Å². The molecule has 25 heavy (non-hydrogen) atoms. The zero-order chi connectivity index (χ0) is 18.6. The third kappa shape index (κ3) is 2.98. The van der Waals surface area contributed by atoms with Crippen molar-refractivity contribution in [3.8, 4) is 0 Å². The van der Waals surface area contributed by atoms with Gasteiger partial charge in [0.15, 0.2) is 9.84 Å². The van der Waals surface area contributed by atoms with E-state index in [1.807, 2.05) is 0 Å². The lowest BCUT2D eigenvalue weighted by atomic mass is 9.81. The minimum Gasteiger partial charge on any atom is -0.481 e. The smallest absolute Gasteiger partial charge is 0.418 e. The number of hydrogen-bond acceptors (Lipinski definition) is 4. The highest BCUT2D eigenvalue weighted by Crippen LogP contribution is 2.51. The quantitative estimate of drug-likeness (QED) is 0.877. The van der Waals surface area contributed by atoms with Gasteiger partial charge in [-0.2, -0.15) is 13.2 Å². The summed E-state index contributed by atoms with van der Waals surface area (Å²) in [7, 11) is -3.78. The van der Waals surface area contributed by atoms with Gasteiger partial charge in [-0.25, -0.2) is 8.42 Å². The number of sulfone groups is 1. The Balaban J connectivity index is 2.05. The zero-order valence-electron chi connectivity index (χ0n) is 13.5. The minimum atomic E-state index is -4.73. The maximum atomic E-state index is 13.5. The summed E-state index contributed by atoms with van der Waals surface area (Å²) < 4.78 is 63.6. The predicted molar refractivity (Wildman–Crippen MR) is 84.2 cm³/mol. The average molecular weight is 377 g/mol. The number of anilines is 1. The fourth-order valence-corrected chi connectivity index (χ4v) is 4.72. The molecule has 3 rings (SSSR count). The van der Waals surface area contributed by atoms with Crippen LogP contribution in [-0.4, -0.2) is 38.8 Å². The molecule has 1 N–H and O–H groups in total. The largest absolute Gasteiger partial charge is 0.481 e. The number of rotatable bonds is 3. The number of benzene rings is 1. The summed E-state index contributed by atoms with van der Waals surface area (Å²) in [6.45, 7) is 0.238. The van der Waals surface area contributed by atoms with Crippen molar-refractivity contribution >= 4 is 21.5 Å². The number of carboxylic acid groups (broad SMARTS) is 1. The molecule has 0 spiro atoms. The molecular formula is C16H18F3NO4S. The number of carbonyl (C=O) groups is 1. The molecular weight excluding hydrogens is 359 g/mol. The molecule has 0 bridgehead atoms. The Morgan fingerprint density at radius 1 is 1.36 bits per heavy atom. The van der Waals surface area contributed by atoms with Gasteiger partial charge in [-0.1, -0.05) is 6.42 Å². The number of aliphatic carboxylic acids is 1. The van der Waals surface area contributed by atoms with Crippen LogP contribution in [0.25, 0.3) is 0 Å². The van der Waals surface area contributed by atoms with E-state index in [9.17, 15) is 31.5 Å². The van der Waals surface area contributed by atoms with Gasteiger partial charge in [-0.15, -0.1) is 0 Å². The van der Waals surface area contributed by atoms with Crippen LogP contribution in [0, 0.1) is 11.3 Å². The summed E-state index contributed by atoms with van der Waals surface area (Å²) in [6, 6.07) is 2.91. The van der Waals surface area contributed by atoms with E-state index in [-0.39, 0.29) is 24.7 Å². The summed E-state index contributed by atoms with van der Waals surface area (Å²) in [5.41, 5.74) is -2.22. The van der Waals surface area contributed by atoms with E-state index in [1.54, 1.807) is 0 Å². The van der Waals surface area contributed by atoms with Crippen LogP contribution in [-0.2, 0) is 20.8 Å². The molecule has 1 aromatic rings. The van der Waals surface area contributed by atoms with Crippen LogP contribution < -0.4 is 4.90 Å². The van der Waals surface area contributed by atoms with E-state index in [2.05, 4.69) is 0 Å². The van der Waals surface area contributed by atoms with E-state index in [0.717, 1.165) is 24.8 Å². The highest BCUT2D eigenvalue weighted by atomic mass is 32.2. The molecule has 1 aliphatic heterocycles. The number of alkyl halides is 3. The SMILES string of the molecule is CS(=O)(=O)c1ccc(N2C[C@@H]3CCC[C@@]3(C(=O)O)C2)c(C(F)(F)F)c1. The second-order valence-electron chi connectivity index (χ2n) is 6.88. The molecule has 1 saturated heterocycles. The molecule has 1 aliphatic carbocycles. The van der Waals surface area contributed by atoms with Crippen molar-refractivity contribution in [3.05, 3.63) is 23.8 Å². The first-order chi connectivity index (χ1) is 11.4. The van der Waals surface area contributed by atoms with Crippen LogP contribution in [0.15, 0.2) is 23.1 Å². The molecule has 0 unspecified atom stereocenters. The fraction of sp³-hybridized carbons (Fsp3) is 0.562. The number of carboxylic acids is 1. The summed E-state index contributed by atoms with van der Waals surface area (Å²) in [4.78, 5) is 12.8. The van der Waals surface area contributed by atoms with Gasteiger partial charge in [0.05, 0.1) is 15.9 Å². The van der Waals surface area contributed by atoms with Crippen LogP contribution in [0.3, 0.4) is 0 Å². The monoisotopic (exact) mass is 377 g/mol. The lowest BCUT2D eigenvalue weighted by molar-refractivity contribution is -0.149. The maximum absolute atomic E-state index is 13.5. The van der Waals surface area contributed by atoms with E-state index in [0.29, 0.717) is 18.9 Å². The van der Waals surface area contributed by atoms with Crippen LogP contribution in [0.5, 0.6) is 0 Å². The maximum Gasteiger partial charge on any atom is 0.418 e. The Morgan fingerprint density at radius 3 is 2.56 bits per heavy atom. The van der Waals surface area contributed by atoms with E-state index in [4.69, 9.17) is 0 Å². The molecule has 1 saturated carbocycles. The van der Waals surface area contributed by atoms with Gasteiger partial charge in [-0.05, 0) is 37.0 Å². The molecule has 1 aromatic carbocycles. The van der Waals surface area contributed by atoms with Crippen molar-refractivity contribution in [2.24, 2.45) is 11.3 Å². The Hall–Kier alpha value is -1.77. The van der Waals surface area contributed by atoms with Crippen LogP contribution >= 0.6 is 0 Å². The second kappa shape index (κ2) is 5.62. The topological polar surface area (TPSA) is 74.7 Å². The molecule has 2 fully saturated rings. The first kappa shape index (κ1) is 18.0. The van der Waals surface area contributed by atoms with Crippen LogP contribution in [0.1, 0.15) is 24.8 Å². The van der Waals surface area contributed by atoms with E-state index >= 15 is 0 Å². The fourth-order valence-electron chi connectivity index (χ4n) is 4.07. The lowest BCUT2D eigenvalue weighted by Gasteiger charge is -2.26. The first-order valence-electron chi connectivity index (χ1n) is 7.85. The predicted octanol–water partition coefficient (Wildman–Crippen LogP) is 2.80. The Labute approximate surface area is 143 Å². The van der Waals surface area contributed by atoms with Crippen LogP contribution in [0.4, 0.5) is 18.9 Å². The third-order valence-electron chi connectivity index (χ3n) is 5.34. The number of halogens is 3. The van der Waals surface area contributed by atoms with Crippen LogP contribution in [0.2, 0.25) is 0 Å². The molecule has 9 heteroatoms. The molecule has 0 radical (unpaired) electrons. The second-order valence-corrected chi connectivity index (χ2v) is 8.90. The molecule has 0 amide bonds. The molecule has 2 atom stereocenters. The van der Waals surface area contributed by atoms with Crippen molar-refractivity contribution in [3.63, 3.8) is 0 Å². The average Bonchev–Trinajstić information content (AvgIpc) is 3.02. The van der Waals surface area contributed by atoms with Crippen molar-refractivity contribution in [1.29, 1.82) is 0 Å².